The number of carbonyl (C=O) groups is 2. The average Bonchev–Trinajstić information content (AvgIpc) is 2.43. The van der Waals surface area contributed by atoms with Gasteiger partial charge in [0.2, 0.25) is 5.91 Å². The van der Waals surface area contributed by atoms with Crippen molar-refractivity contribution in [3.63, 3.8) is 0 Å². The summed E-state index contributed by atoms with van der Waals surface area (Å²) < 4.78 is 4.79. The van der Waals surface area contributed by atoms with E-state index in [0.717, 1.165) is 5.56 Å². The highest BCUT2D eigenvalue weighted by molar-refractivity contribution is 5.95. The van der Waals surface area contributed by atoms with Crippen LogP contribution in [0.5, 0.6) is 0 Å². The number of ether oxygens (including phenoxy) is 1. The Labute approximate surface area is 118 Å². The van der Waals surface area contributed by atoms with Crippen molar-refractivity contribution in [3.8, 4) is 6.07 Å². The van der Waals surface area contributed by atoms with Crippen LogP contribution >= 0.6 is 0 Å². The molecular formula is C15H18N2O3. The van der Waals surface area contributed by atoms with Gasteiger partial charge in [0.05, 0.1) is 19.1 Å². The largest absolute Gasteiger partial charge is 0.466 e. The molecule has 5 heteroatoms. The molecule has 0 fully saturated rings. The van der Waals surface area contributed by atoms with E-state index in [1.807, 2.05) is 31.2 Å². The Morgan fingerprint density at radius 2 is 2.00 bits per heavy atom. The van der Waals surface area contributed by atoms with E-state index in [-0.39, 0.29) is 25.3 Å². The summed E-state index contributed by atoms with van der Waals surface area (Å²) in [5.41, 5.74) is 1.61. The van der Waals surface area contributed by atoms with Crippen molar-refractivity contribution in [1.82, 2.24) is 0 Å². The van der Waals surface area contributed by atoms with Crippen molar-refractivity contribution in [1.29, 1.82) is 5.26 Å². The van der Waals surface area contributed by atoms with Crippen LogP contribution in [0.1, 0.15) is 25.3 Å². The van der Waals surface area contributed by atoms with Crippen molar-refractivity contribution in [2.75, 3.05) is 18.1 Å². The summed E-state index contributed by atoms with van der Waals surface area (Å²) >= 11 is 0. The molecule has 0 radical (unpaired) electrons. The fourth-order valence-electron chi connectivity index (χ4n) is 1.82. The normalized spacial score (nSPS) is 9.65. The van der Waals surface area contributed by atoms with E-state index in [0.29, 0.717) is 12.3 Å². The first-order valence-corrected chi connectivity index (χ1v) is 6.48. The molecule has 0 saturated heterocycles. The summed E-state index contributed by atoms with van der Waals surface area (Å²) in [5.74, 6) is -0.656. The minimum atomic E-state index is -0.400. The van der Waals surface area contributed by atoms with Gasteiger partial charge in [-0.2, -0.15) is 5.26 Å². The second kappa shape index (κ2) is 7.95. The molecule has 0 aliphatic rings. The molecule has 1 amide bonds. The molecule has 0 bridgehead atoms. The summed E-state index contributed by atoms with van der Waals surface area (Å²) in [6.07, 6.45) is 0.0648. The lowest BCUT2D eigenvalue weighted by atomic mass is 10.1. The Kier molecular flexibility index (Phi) is 6.24. The maximum atomic E-state index is 12.2. The number of nitriles is 1. The summed E-state index contributed by atoms with van der Waals surface area (Å²) in [4.78, 5) is 24.8. The van der Waals surface area contributed by atoms with Gasteiger partial charge < -0.3 is 4.74 Å². The predicted octanol–water partition coefficient (Wildman–Crippen LogP) is 2.19. The monoisotopic (exact) mass is 274 g/mol. The van der Waals surface area contributed by atoms with Crippen LogP contribution in [0.3, 0.4) is 0 Å². The first-order valence-electron chi connectivity index (χ1n) is 6.48. The Bertz CT molecular complexity index is 520. The molecular weight excluding hydrogens is 256 g/mol. The van der Waals surface area contributed by atoms with Gasteiger partial charge in [0.15, 0.2) is 0 Å². The lowest BCUT2D eigenvalue weighted by Gasteiger charge is -2.21. The predicted molar refractivity (Wildman–Crippen MR) is 75.0 cm³/mol. The molecule has 20 heavy (non-hydrogen) atoms. The Hall–Kier alpha value is -2.35. The first-order chi connectivity index (χ1) is 9.60. The minimum Gasteiger partial charge on any atom is -0.466 e. The molecule has 0 heterocycles. The third-order valence-electron chi connectivity index (χ3n) is 2.78. The van der Waals surface area contributed by atoms with E-state index in [1.54, 1.807) is 13.0 Å². The highest BCUT2D eigenvalue weighted by Crippen LogP contribution is 2.20. The van der Waals surface area contributed by atoms with E-state index in [9.17, 15) is 9.59 Å². The molecule has 0 aromatic heterocycles. The number of rotatable bonds is 6. The zero-order valence-electron chi connectivity index (χ0n) is 11.8. The van der Waals surface area contributed by atoms with E-state index in [2.05, 4.69) is 0 Å². The van der Waals surface area contributed by atoms with Gasteiger partial charge >= 0.3 is 5.97 Å². The molecule has 0 spiro atoms. The van der Waals surface area contributed by atoms with Crippen LogP contribution in [-0.2, 0) is 14.3 Å². The number of hydrogen-bond acceptors (Lipinski definition) is 4. The first kappa shape index (κ1) is 15.7. The van der Waals surface area contributed by atoms with Crippen LogP contribution in [0, 0.1) is 18.3 Å². The van der Waals surface area contributed by atoms with Gasteiger partial charge in [-0.25, -0.2) is 0 Å². The maximum Gasteiger partial charge on any atom is 0.306 e. The molecule has 0 unspecified atom stereocenters. The van der Waals surface area contributed by atoms with Gasteiger partial charge in [0.25, 0.3) is 0 Å². The smallest absolute Gasteiger partial charge is 0.306 e. The number of hydrogen-bond donors (Lipinski definition) is 0. The summed E-state index contributed by atoms with van der Waals surface area (Å²) in [6, 6.07) is 9.31. The molecule has 0 aliphatic heterocycles. The molecule has 1 aromatic rings. The zero-order chi connectivity index (χ0) is 15.0. The quantitative estimate of drug-likeness (QED) is 0.589. The van der Waals surface area contributed by atoms with Crippen molar-refractivity contribution >= 4 is 17.6 Å². The van der Waals surface area contributed by atoms with Gasteiger partial charge in [0.1, 0.15) is 6.54 Å². The van der Waals surface area contributed by atoms with Crippen molar-refractivity contribution in [2.45, 2.75) is 26.7 Å². The number of esters is 1. The number of carbonyl (C=O) groups excluding carboxylic acids is 2. The number of amides is 1. The van der Waals surface area contributed by atoms with E-state index in [4.69, 9.17) is 10.00 Å². The third kappa shape index (κ3) is 4.39. The van der Waals surface area contributed by atoms with Crippen LogP contribution in [-0.4, -0.2) is 25.0 Å². The molecule has 0 aliphatic carbocycles. The van der Waals surface area contributed by atoms with Gasteiger partial charge in [-0.1, -0.05) is 18.2 Å². The van der Waals surface area contributed by atoms with Crippen molar-refractivity contribution < 1.29 is 14.3 Å². The van der Waals surface area contributed by atoms with Crippen LogP contribution in [0.4, 0.5) is 5.69 Å². The highest BCUT2D eigenvalue weighted by atomic mass is 16.5. The van der Waals surface area contributed by atoms with Crippen LogP contribution in [0.2, 0.25) is 0 Å². The van der Waals surface area contributed by atoms with Gasteiger partial charge in [-0.3, -0.25) is 14.5 Å². The lowest BCUT2D eigenvalue weighted by molar-refractivity contribution is -0.144. The zero-order valence-corrected chi connectivity index (χ0v) is 11.8. The second-order valence-corrected chi connectivity index (χ2v) is 4.23. The topological polar surface area (TPSA) is 70.4 Å². The molecule has 0 atom stereocenters. The Morgan fingerprint density at radius 1 is 1.30 bits per heavy atom. The van der Waals surface area contributed by atoms with Crippen LogP contribution in [0.25, 0.3) is 0 Å². The number of benzene rings is 1. The Morgan fingerprint density at radius 3 is 2.60 bits per heavy atom. The molecule has 0 N–H and O–H groups in total. The SMILES string of the molecule is CCOC(=O)CCC(=O)N(CC#N)c1ccccc1C. The van der Waals surface area contributed by atoms with Gasteiger partial charge in [-0.05, 0) is 25.5 Å². The highest BCUT2D eigenvalue weighted by Gasteiger charge is 2.18. The molecule has 1 rings (SSSR count). The molecule has 106 valence electrons. The second-order valence-electron chi connectivity index (χ2n) is 4.23. The average molecular weight is 274 g/mol. The number of nitrogens with zero attached hydrogens (tertiary/aromatic N) is 2. The fraction of sp³-hybridized carbons (Fsp3) is 0.400. The van der Waals surface area contributed by atoms with Crippen LogP contribution in [0.15, 0.2) is 24.3 Å². The van der Waals surface area contributed by atoms with E-state index in [1.165, 1.54) is 4.90 Å². The standard InChI is InChI=1S/C15H18N2O3/c1-3-20-15(19)9-8-14(18)17(11-10-16)13-7-5-4-6-12(13)2/h4-7H,3,8-9,11H2,1-2H3. The third-order valence-corrected chi connectivity index (χ3v) is 2.78. The molecule has 5 nitrogen and oxygen atoms in total. The lowest BCUT2D eigenvalue weighted by Crippen LogP contribution is -2.32. The fourth-order valence-corrected chi connectivity index (χ4v) is 1.82. The van der Waals surface area contributed by atoms with Crippen molar-refractivity contribution in [2.24, 2.45) is 0 Å². The van der Waals surface area contributed by atoms with E-state index >= 15 is 0 Å². The summed E-state index contributed by atoms with van der Waals surface area (Å²) in [5, 5.41) is 8.86. The number of para-hydroxylation sites is 1. The number of anilines is 1. The summed E-state index contributed by atoms with van der Waals surface area (Å²) in [6.45, 7) is 3.85. The van der Waals surface area contributed by atoms with Gasteiger partial charge in [0, 0.05) is 12.1 Å². The number of aryl methyl sites for hydroxylation is 1. The molecule has 1 aromatic carbocycles. The van der Waals surface area contributed by atoms with Crippen LogP contribution < -0.4 is 4.90 Å². The van der Waals surface area contributed by atoms with E-state index < -0.39 is 5.97 Å². The molecule has 0 saturated carbocycles. The summed E-state index contributed by atoms with van der Waals surface area (Å²) in [7, 11) is 0. The van der Waals surface area contributed by atoms with Gasteiger partial charge in [-0.15, -0.1) is 0 Å². The minimum absolute atomic E-state index is 0.0283. The van der Waals surface area contributed by atoms with Crippen molar-refractivity contribution in [3.05, 3.63) is 29.8 Å². The Balaban J connectivity index is 2.77. The maximum absolute atomic E-state index is 12.2.